The second-order valence-corrected chi connectivity index (χ2v) is 9.92. The van der Waals surface area contributed by atoms with Gasteiger partial charge < -0.3 is 15.1 Å². The molecule has 1 N–H and O–H groups in total. The SMILES string of the molecule is C/C=C(\PC1C=CC(N2CCN[C@@H](C)C2)=CN1C=O)c1cc2c(CCC)nc(C)cn2n1. The molecule has 7 nitrogen and oxygen atoms in total. The lowest BCUT2D eigenvalue weighted by Gasteiger charge is -2.37. The van der Waals surface area contributed by atoms with Crippen molar-refractivity contribution in [2.75, 3.05) is 19.6 Å². The van der Waals surface area contributed by atoms with Crippen LogP contribution in [0.3, 0.4) is 0 Å². The van der Waals surface area contributed by atoms with Gasteiger partial charge in [-0.3, -0.25) is 9.78 Å². The summed E-state index contributed by atoms with van der Waals surface area (Å²) in [5, 5.41) is 9.48. The van der Waals surface area contributed by atoms with Crippen LogP contribution >= 0.6 is 8.58 Å². The van der Waals surface area contributed by atoms with Crippen molar-refractivity contribution in [2.45, 2.75) is 52.4 Å². The highest BCUT2D eigenvalue weighted by molar-refractivity contribution is 7.51. The van der Waals surface area contributed by atoms with Gasteiger partial charge in [-0.25, -0.2) is 4.52 Å². The summed E-state index contributed by atoms with van der Waals surface area (Å²) in [5.41, 5.74) is 5.20. The monoisotopic (exact) mass is 452 g/mol. The molecule has 0 spiro atoms. The number of fused-ring (bicyclic) bond motifs is 1. The summed E-state index contributed by atoms with van der Waals surface area (Å²) in [7, 11) is 0.408. The van der Waals surface area contributed by atoms with Crippen LogP contribution in [-0.4, -0.2) is 62.3 Å². The van der Waals surface area contributed by atoms with Crippen molar-refractivity contribution in [2.24, 2.45) is 0 Å². The Balaban J connectivity index is 1.55. The molecular formula is C24H33N6OP. The Labute approximate surface area is 192 Å². The fourth-order valence-corrected chi connectivity index (χ4v) is 5.57. The largest absolute Gasteiger partial charge is 0.368 e. The molecule has 0 bridgehead atoms. The molecule has 1 fully saturated rings. The maximum atomic E-state index is 11.9. The van der Waals surface area contributed by atoms with E-state index in [1.54, 1.807) is 4.90 Å². The summed E-state index contributed by atoms with van der Waals surface area (Å²) in [4.78, 5) is 20.8. The van der Waals surface area contributed by atoms with E-state index >= 15 is 0 Å². The number of aryl methyl sites for hydroxylation is 2. The van der Waals surface area contributed by atoms with Gasteiger partial charge in [0, 0.05) is 31.9 Å². The Kier molecular flexibility index (Phi) is 7.07. The Morgan fingerprint density at radius 1 is 1.41 bits per heavy atom. The Hall–Kier alpha value is -2.50. The van der Waals surface area contributed by atoms with E-state index in [4.69, 9.17) is 10.1 Å². The van der Waals surface area contributed by atoms with E-state index in [1.165, 1.54) is 0 Å². The molecule has 4 rings (SSSR count). The average Bonchev–Trinajstić information content (AvgIpc) is 3.21. The van der Waals surface area contributed by atoms with Gasteiger partial charge in [-0.2, -0.15) is 5.10 Å². The van der Waals surface area contributed by atoms with Crippen molar-refractivity contribution in [3.8, 4) is 0 Å². The first kappa shape index (κ1) is 22.7. The molecule has 1 amide bonds. The van der Waals surface area contributed by atoms with E-state index in [-0.39, 0.29) is 5.78 Å². The molecule has 0 aromatic carbocycles. The van der Waals surface area contributed by atoms with Crippen LogP contribution in [0, 0.1) is 6.92 Å². The maximum absolute atomic E-state index is 11.9. The molecule has 2 unspecified atom stereocenters. The van der Waals surface area contributed by atoms with Gasteiger partial charge >= 0.3 is 0 Å². The van der Waals surface area contributed by atoms with E-state index in [0.717, 1.165) is 72.5 Å². The van der Waals surface area contributed by atoms with Gasteiger partial charge in [-0.15, -0.1) is 0 Å². The van der Waals surface area contributed by atoms with Crippen LogP contribution in [0.1, 0.15) is 44.3 Å². The normalized spacial score (nSPS) is 22.2. The highest BCUT2D eigenvalue weighted by Gasteiger charge is 2.24. The standard InChI is InChI=1S/C24H33N6OP/c1-5-7-20-22-12-21(27-30(22)14-18(4)26-20)23(6-2)32-24-9-8-19(15-29(24)16-31)28-11-10-25-17(3)13-28/h6,8-9,12,14-17,24-25,32H,5,7,10-11,13H2,1-4H3/b23-6-/t17-,24?/m0/s1. The molecule has 0 saturated carbocycles. The zero-order valence-electron chi connectivity index (χ0n) is 19.4. The highest BCUT2D eigenvalue weighted by Crippen LogP contribution is 2.40. The summed E-state index contributed by atoms with van der Waals surface area (Å²) >= 11 is 0. The Morgan fingerprint density at radius 2 is 2.25 bits per heavy atom. The van der Waals surface area contributed by atoms with Crippen molar-refractivity contribution in [1.82, 2.24) is 29.7 Å². The number of nitrogens with zero attached hydrogens (tertiary/aromatic N) is 5. The summed E-state index contributed by atoms with van der Waals surface area (Å²) in [6.45, 7) is 11.3. The quantitative estimate of drug-likeness (QED) is 0.514. The zero-order chi connectivity index (χ0) is 22.7. The van der Waals surface area contributed by atoms with Crippen molar-refractivity contribution >= 4 is 25.8 Å². The van der Waals surface area contributed by atoms with Crippen molar-refractivity contribution in [3.05, 3.63) is 59.5 Å². The zero-order valence-corrected chi connectivity index (χ0v) is 20.4. The first-order chi connectivity index (χ1) is 15.5. The van der Waals surface area contributed by atoms with Crippen molar-refractivity contribution in [1.29, 1.82) is 0 Å². The van der Waals surface area contributed by atoms with Crippen LogP contribution in [0.15, 0.2) is 42.4 Å². The van der Waals surface area contributed by atoms with Crippen molar-refractivity contribution < 1.29 is 4.79 Å². The molecule has 4 heterocycles. The van der Waals surface area contributed by atoms with Gasteiger partial charge in [-0.1, -0.05) is 34.1 Å². The van der Waals surface area contributed by atoms with Crippen LogP contribution in [0.4, 0.5) is 0 Å². The second kappa shape index (κ2) is 9.97. The van der Waals surface area contributed by atoms with Gasteiger partial charge in [0.2, 0.25) is 6.41 Å². The predicted molar refractivity (Wildman–Crippen MR) is 132 cm³/mol. The first-order valence-corrected chi connectivity index (χ1v) is 12.5. The number of hydrogen-bond donors (Lipinski definition) is 1. The van der Waals surface area contributed by atoms with Gasteiger partial charge in [0.05, 0.1) is 40.3 Å². The van der Waals surface area contributed by atoms with E-state index < -0.39 is 0 Å². The van der Waals surface area contributed by atoms with E-state index in [9.17, 15) is 4.79 Å². The predicted octanol–water partition coefficient (Wildman–Crippen LogP) is 3.52. The molecule has 1 saturated heterocycles. The molecule has 0 radical (unpaired) electrons. The third kappa shape index (κ3) is 4.79. The molecule has 2 aliphatic rings. The summed E-state index contributed by atoms with van der Waals surface area (Å²) in [6.07, 6.45) is 13.3. The highest BCUT2D eigenvalue weighted by atomic mass is 31.1. The summed E-state index contributed by atoms with van der Waals surface area (Å²) in [6, 6.07) is 2.59. The van der Waals surface area contributed by atoms with Crippen molar-refractivity contribution in [3.63, 3.8) is 0 Å². The molecule has 0 aliphatic carbocycles. The van der Waals surface area contributed by atoms with Crippen LogP contribution in [0.2, 0.25) is 0 Å². The molecular weight excluding hydrogens is 419 g/mol. The minimum Gasteiger partial charge on any atom is -0.368 e. The van der Waals surface area contributed by atoms with Gasteiger partial charge in [0.1, 0.15) is 0 Å². The van der Waals surface area contributed by atoms with E-state index in [0.29, 0.717) is 14.6 Å². The minimum atomic E-state index is 0.00238. The number of rotatable bonds is 7. The lowest BCUT2D eigenvalue weighted by atomic mass is 10.2. The number of allylic oxidation sites excluding steroid dienone is 2. The van der Waals surface area contributed by atoms with Gasteiger partial charge in [0.25, 0.3) is 0 Å². The number of hydrogen-bond acceptors (Lipinski definition) is 5. The topological polar surface area (TPSA) is 65.8 Å². The van der Waals surface area contributed by atoms with Gasteiger partial charge in [0.15, 0.2) is 0 Å². The van der Waals surface area contributed by atoms with E-state index in [2.05, 4.69) is 48.4 Å². The number of piperazine rings is 1. The fourth-order valence-electron chi connectivity index (χ4n) is 4.34. The first-order valence-electron chi connectivity index (χ1n) is 11.4. The number of nitrogens with one attached hydrogen (secondary N) is 1. The molecule has 8 heteroatoms. The Bertz CT molecular complexity index is 1070. The molecule has 2 aliphatic heterocycles. The third-order valence-electron chi connectivity index (χ3n) is 5.91. The Morgan fingerprint density at radius 3 is 2.97 bits per heavy atom. The minimum absolute atomic E-state index is 0.00238. The molecule has 32 heavy (non-hydrogen) atoms. The summed E-state index contributed by atoms with van der Waals surface area (Å²) in [5.74, 6) is 0.00238. The third-order valence-corrected chi connectivity index (χ3v) is 7.56. The number of carbonyl (C=O) groups excluding carboxylic acids is 1. The average molecular weight is 453 g/mol. The fraction of sp³-hybridized carbons (Fsp3) is 0.458. The van der Waals surface area contributed by atoms with Crippen LogP contribution < -0.4 is 5.32 Å². The number of amides is 1. The lowest BCUT2D eigenvalue weighted by Crippen LogP contribution is -2.49. The lowest BCUT2D eigenvalue weighted by molar-refractivity contribution is -0.116. The van der Waals surface area contributed by atoms with Crippen LogP contribution in [0.25, 0.3) is 10.8 Å². The number of carbonyl (C=O) groups is 1. The van der Waals surface area contributed by atoms with Gasteiger partial charge in [-0.05, 0) is 44.6 Å². The molecule has 170 valence electrons. The molecule has 2 aromatic heterocycles. The summed E-state index contributed by atoms with van der Waals surface area (Å²) < 4.78 is 1.95. The second-order valence-electron chi connectivity index (χ2n) is 8.50. The van der Waals surface area contributed by atoms with Crippen LogP contribution in [0.5, 0.6) is 0 Å². The van der Waals surface area contributed by atoms with Crippen LogP contribution in [-0.2, 0) is 11.2 Å². The number of aromatic nitrogens is 3. The maximum Gasteiger partial charge on any atom is 0.214 e. The molecule has 3 atom stereocenters. The smallest absolute Gasteiger partial charge is 0.214 e. The van der Waals surface area contributed by atoms with E-state index in [1.807, 2.05) is 30.8 Å². The molecule has 2 aromatic rings.